The van der Waals surface area contributed by atoms with Crippen LogP contribution >= 0.6 is 0 Å². The van der Waals surface area contributed by atoms with Gasteiger partial charge in [-0.05, 0) is 24.3 Å². The van der Waals surface area contributed by atoms with Gasteiger partial charge in [-0.3, -0.25) is 14.4 Å². The van der Waals surface area contributed by atoms with Gasteiger partial charge in [-0.2, -0.15) is 0 Å². The summed E-state index contributed by atoms with van der Waals surface area (Å²) in [5.74, 6) is -1.04. The van der Waals surface area contributed by atoms with Crippen LogP contribution in [0.25, 0.3) is 17.0 Å². The molecule has 124 valence electrons. The molecule has 0 aliphatic carbocycles. The number of benzene rings is 1. The smallest absolute Gasteiger partial charge is 0.247 e. The fourth-order valence-electron chi connectivity index (χ4n) is 2.45. The van der Waals surface area contributed by atoms with Crippen LogP contribution < -0.4 is 5.43 Å². The number of carbonyl (C=O) groups excluding carboxylic acids is 2. The Hall–Kier alpha value is -2.96. The van der Waals surface area contributed by atoms with Crippen LogP contribution in [-0.2, 0) is 9.59 Å². The van der Waals surface area contributed by atoms with Gasteiger partial charge in [0.2, 0.25) is 11.8 Å². The molecule has 2 aromatic rings. The van der Waals surface area contributed by atoms with Crippen LogP contribution in [0.1, 0.15) is 5.56 Å². The summed E-state index contributed by atoms with van der Waals surface area (Å²) in [5, 5.41) is 0.111. The standard InChI is InChI=1S/C17H15FN2O4/c1-19-6-7-20(9-16(19)22)15(21)5-2-11-10-24-14-4-3-12(18)8-13(14)17(11)23/h2-5,8,10H,6-7,9H2,1H3/b5-2+. The lowest BCUT2D eigenvalue weighted by atomic mass is 10.1. The summed E-state index contributed by atoms with van der Waals surface area (Å²) in [6, 6.07) is 3.68. The molecule has 2 heterocycles. The van der Waals surface area contributed by atoms with Crippen molar-refractivity contribution in [3.8, 4) is 0 Å². The molecule has 0 bridgehead atoms. The molecule has 1 aliphatic heterocycles. The first-order valence-electron chi connectivity index (χ1n) is 7.38. The molecule has 0 N–H and O–H groups in total. The van der Waals surface area contributed by atoms with E-state index in [1.54, 1.807) is 11.9 Å². The zero-order valence-electron chi connectivity index (χ0n) is 13.0. The van der Waals surface area contributed by atoms with Crippen molar-refractivity contribution in [1.29, 1.82) is 0 Å². The number of likely N-dealkylation sites (N-methyl/N-ethyl adjacent to an activating group) is 1. The molecule has 7 heteroatoms. The van der Waals surface area contributed by atoms with Crippen molar-refractivity contribution in [3.63, 3.8) is 0 Å². The Kier molecular flexibility index (Phi) is 4.16. The average Bonchev–Trinajstić information content (AvgIpc) is 2.57. The Morgan fingerprint density at radius 3 is 2.83 bits per heavy atom. The van der Waals surface area contributed by atoms with Gasteiger partial charge in [0.1, 0.15) is 24.2 Å². The van der Waals surface area contributed by atoms with Gasteiger partial charge in [0.25, 0.3) is 0 Å². The summed E-state index contributed by atoms with van der Waals surface area (Å²) in [4.78, 5) is 39.0. The Labute approximate surface area is 136 Å². The lowest BCUT2D eigenvalue weighted by molar-refractivity contribution is -0.141. The van der Waals surface area contributed by atoms with Gasteiger partial charge in [0.15, 0.2) is 5.43 Å². The molecular weight excluding hydrogens is 315 g/mol. The second-order valence-corrected chi connectivity index (χ2v) is 5.57. The molecule has 6 nitrogen and oxygen atoms in total. The van der Waals surface area contributed by atoms with E-state index in [0.717, 1.165) is 6.07 Å². The number of nitrogens with zero attached hydrogens (tertiary/aromatic N) is 2. The Bertz CT molecular complexity index is 903. The van der Waals surface area contributed by atoms with E-state index in [9.17, 15) is 18.8 Å². The van der Waals surface area contributed by atoms with E-state index < -0.39 is 11.2 Å². The largest absolute Gasteiger partial charge is 0.463 e. The van der Waals surface area contributed by atoms with E-state index in [1.807, 2.05) is 0 Å². The van der Waals surface area contributed by atoms with Gasteiger partial charge in [0, 0.05) is 26.2 Å². The van der Waals surface area contributed by atoms with Gasteiger partial charge in [-0.15, -0.1) is 0 Å². The van der Waals surface area contributed by atoms with E-state index in [0.29, 0.717) is 13.1 Å². The molecule has 1 aliphatic rings. The highest BCUT2D eigenvalue weighted by atomic mass is 19.1. The predicted molar refractivity (Wildman–Crippen MR) is 85.7 cm³/mol. The molecular formula is C17H15FN2O4. The number of piperazine rings is 1. The van der Waals surface area contributed by atoms with Crippen LogP contribution in [0.3, 0.4) is 0 Å². The van der Waals surface area contributed by atoms with Crippen LogP contribution in [0.5, 0.6) is 0 Å². The van der Waals surface area contributed by atoms with Crippen molar-refractivity contribution in [1.82, 2.24) is 9.80 Å². The van der Waals surface area contributed by atoms with E-state index in [-0.39, 0.29) is 34.9 Å². The third kappa shape index (κ3) is 3.05. The number of hydrogen-bond donors (Lipinski definition) is 0. The molecule has 0 saturated carbocycles. The summed E-state index contributed by atoms with van der Waals surface area (Å²) in [5.41, 5.74) is -0.00861. The second kappa shape index (κ2) is 6.27. The number of carbonyl (C=O) groups is 2. The van der Waals surface area contributed by atoms with Gasteiger partial charge >= 0.3 is 0 Å². The van der Waals surface area contributed by atoms with Crippen LogP contribution in [0.2, 0.25) is 0 Å². The minimum absolute atomic E-state index is 0.0111. The first-order chi connectivity index (χ1) is 11.5. The van der Waals surface area contributed by atoms with E-state index in [1.165, 1.54) is 35.4 Å². The highest BCUT2D eigenvalue weighted by Gasteiger charge is 2.23. The lowest BCUT2D eigenvalue weighted by Crippen LogP contribution is -2.50. The summed E-state index contributed by atoms with van der Waals surface area (Å²) in [6.07, 6.45) is 3.76. The van der Waals surface area contributed by atoms with Gasteiger partial charge in [-0.25, -0.2) is 4.39 Å². The monoisotopic (exact) mass is 330 g/mol. The average molecular weight is 330 g/mol. The highest BCUT2D eigenvalue weighted by Crippen LogP contribution is 2.13. The fourth-order valence-corrected chi connectivity index (χ4v) is 2.45. The third-order valence-corrected chi connectivity index (χ3v) is 3.94. The second-order valence-electron chi connectivity index (χ2n) is 5.57. The number of hydrogen-bond acceptors (Lipinski definition) is 4. The molecule has 0 unspecified atom stereocenters. The molecule has 2 amide bonds. The molecule has 1 aromatic carbocycles. The number of amides is 2. The Balaban J connectivity index is 1.83. The molecule has 0 radical (unpaired) electrons. The third-order valence-electron chi connectivity index (χ3n) is 3.94. The summed E-state index contributed by atoms with van der Waals surface area (Å²) >= 11 is 0. The van der Waals surface area contributed by atoms with E-state index in [4.69, 9.17) is 4.42 Å². The SMILES string of the molecule is CN1CCN(C(=O)/C=C/c2coc3ccc(F)cc3c2=O)CC1=O. The van der Waals surface area contributed by atoms with Crippen LogP contribution in [-0.4, -0.2) is 48.3 Å². The molecule has 0 spiro atoms. The van der Waals surface area contributed by atoms with E-state index in [2.05, 4.69) is 0 Å². The van der Waals surface area contributed by atoms with Crippen LogP contribution in [0, 0.1) is 5.82 Å². The van der Waals surface area contributed by atoms with Crippen LogP contribution in [0.4, 0.5) is 4.39 Å². The van der Waals surface area contributed by atoms with Gasteiger partial charge in [-0.1, -0.05) is 0 Å². The molecule has 3 rings (SSSR count). The zero-order chi connectivity index (χ0) is 17.3. The summed E-state index contributed by atoms with van der Waals surface area (Å²) in [6.45, 7) is 0.913. The maximum atomic E-state index is 13.3. The molecule has 0 atom stereocenters. The van der Waals surface area contributed by atoms with Crippen molar-refractivity contribution >= 4 is 28.9 Å². The summed E-state index contributed by atoms with van der Waals surface area (Å²) in [7, 11) is 1.68. The normalized spacial score (nSPS) is 15.5. The van der Waals surface area contributed by atoms with Crippen molar-refractivity contribution in [2.45, 2.75) is 0 Å². The van der Waals surface area contributed by atoms with Gasteiger partial charge < -0.3 is 14.2 Å². The highest BCUT2D eigenvalue weighted by molar-refractivity contribution is 5.95. The number of rotatable bonds is 2. The maximum Gasteiger partial charge on any atom is 0.247 e. The molecule has 24 heavy (non-hydrogen) atoms. The predicted octanol–water partition coefficient (Wildman–Crippen LogP) is 1.25. The molecule has 1 saturated heterocycles. The lowest BCUT2D eigenvalue weighted by Gasteiger charge is -2.31. The number of fused-ring (bicyclic) bond motifs is 1. The quantitative estimate of drug-likeness (QED) is 0.777. The van der Waals surface area contributed by atoms with Crippen molar-refractivity contribution in [2.24, 2.45) is 0 Å². The minimum atomic E-state index is -0.539. The molecule has 1 aromatic heterocycles. The maximum absolute atomic E-state index is 13.3. The number of halogens is 1. The van der Waals surface area contributed by atoms with Crippen LogP contribution in [0.15, 0.2) is 39.7 Å². The Morgan fingerprint density at radius 1 is 1.29 bits per heavy atom. The minimum Gasteiger partial charge on any atom is -0.463 e. The van der Waals surface area contributed by atoms with Crippen molar-refractivity contribution in [3.05, 3.63) is 52.1 Å². The van der Waals surface area contributed by atoms with E-state index >= 15 is 0 Å². The molecule has 1 fully saturated rings. The Morgan fingerprint density at radius 2 is 2.08 bits per heavy atom. The van der Waals surface area contributed by atoms with Crippen molar-refractivity contribution < 1.29 is 18.4 Å². The van der Waals surface area contributed by atoms with Gasteiger partial charge in [0.05, 0.1) is 10.9 Å². The first-order valence-corrected chi connectivity index (χ1v) is 7.38. The first kappa shape index (κ1) is 15.9. The zero-order valence-corrected chi connectivity index (χ0v) is 13.0. The van der Waals surface area contributed by atoms with Crippen molar-refractivity contribution in [2.75, 3.05) is 26.7 Å². The topological polar surface area (TPSA) is 70.8 Å². The fraction of sp³-hybridized carbons (Fsp3) is 0.235. The summed E-state index contributed by atoms with van der Waals surface area (Å²) < 4.78 is 18.6.